The Labute approximate surface area is 146 Å². The van der Waals surface area contributed by atoms with Gasteiger partial charge in [-0.15, -0.1) is 11.8 Å². The first-order valence-corrected chi connectivity index (χ1v) is 8.74. The summed E-state index contributed by atoms with van der Waals surface area (Å²) in [5.41, 5.74) is 1.40. The number of thioether (sulfide) groups is 1. The smallest absolute Gasteiger partial charge is 0.315 e. The van der Waals surface area contributed by atoms with E-state index in [-0.39, 0.29) is 23.4 Å². The lowest BCUT2D eigenvalue weighted by Gasteiger charge is -2.12. The van der Waals surface area contributed by atoms with Crippen LogP contribution in [0.4, 0.5) is 5.69 Å². The van der Waals surface area contributed by atoms with Crippen LogP contribution < -0.4 is 10.1 Å². The first kappa shape index (κ1) is 19.6. The number of halogens is 1. The van der Waals surface area contributed by atoms with Crippen molar-refractivity contribution in [1.82, 2.24) is 0 Å². The van der Waals surface area contributed by atoms with Crippen molar-refractivity contribution in [3.05, 3.63) is 22.7 Å². The van der Waals surface area contributed by atoms with Crippen LogP contribution in [0.5, 0.6) is 5.75 Å². The van der Waals surface area contributed by atoms with Crippen LogP contribution in [-0.4, -0.2) is 37.1 Å². The molecule has 0 unspecified atom stereocenters. The van der Waals surface area contributed by atoms with Crippen molar-refractivity contribution >= 4 is 40.9 Å². The SMILES string of the molecule is COc1cc(Cl)c(C)cc1NC(=O)CSCC(=O)OCC(C)C. The molecule has 7 heteroatoms. The van der Waals surface area contributed by atoms with Gasteiger partial charge in [-0.25, -0.2) is 0 Å². The highest BCUT2D eigenvalue weighted by molar-refractivity contribution is 8.00. The van der Waals surface area contributed by atoms with Gasteiger partial charge in [-0.2, -0.15) is 0 Å². The van der Waals surface area contributed by atoms with E-state index in [1.807, 2.05) is 20.8 Å². The summed E-state index contributed by atoms with van der Waals surface area (Å²) in [6.45, 7) is 6.18. The van der Waals surface area contributed by atoms with E-state index < -0.39 is 0 Å². The Balaban J connectivity index is 2.45. The van der Waals surface area contributed by atoms with Gasteiger partial charge < -0.3 is 14.8 Å². The molecule has 0 aliphatic heterocycles. The molecule has 0 aliphatic rings. The minimum Gasteiger partial charge on any atom is -0.495 e. The lowest BCUT2D eigenvalue weighted by atomic mass is 10.2. The number of ether oxygens (including phenoxy) is 2. The number of anilines is 1. The minimum atomic E-state index is -0.309. The summed E-state index contributed by atoms with van der Waals surface area (Å²) in [6, 6.07) is 3.41. The van der Waals surface area contributed by atoms with Gasteiger partial charge in [0.2, 0.25) is 5.91 Å². The van der Waals surface area contributed by atoms with Crippen molar-refractivity contribution in [2.24, 2.45) is 5.92 Å². The number of carbonyl (C=O) groups excluding carboxylic acids is 2. The third kappa shape index (κ3) is 7.14. The molecule has 0 bridgehead atoms. The van der Waals surface area contributed by atoms with Gasteiger partial charge in [-0.1, -0.05) is 25.4 Å². The molecule has 5 nitrogen and oxygen atoms in total. The third-order valence-corrected chi connectivity index (χ3v) is 4.10. The number of hydrogen-bond acceptors (Lipinski definition) is 5. The van der Waals surface area contributed by atoms with Crippen LogP contribution in [0.2, 0.25) is 5.02 Å². The number of nitrogens with one attached hydrogen (secondary N) is 1. The van der Waals surface area contributed by atoms with E-state index in [1.54, 1.807) is 12.1 Å². The van der Waals surface area contributed by atoms with Crippen LogP contribution in [0.3, 0.4) is 0 Å². The van der Waals surface area contributed by atoms with Crippen molar-refractivity contribution in [3.63, 3.8) is 0 Å². The van der Waals surface area contributed by atoms with Gasteiger partial charge >= 0.3 is 5.97 Å². The summed E-state index contributed by atoms with van der Waals surface area (Å²) in [5, 5.41) is 3.33. The molecule has 0 radical (unpaired) electrons. The molecule has 1 rings (SSSR count). The Kier molecular flexibility index (Phi) is 8.26. The summed E-state index contributed by atoms with van der Waals surface area (Å²) in [4.78, 5) is 23.4. The maximum atomic E-state index is 12.0. The van der Waals surface area contributed by atoms with Crippen LogP contribution >= 0.6 is 23.4 Å². The van der Waals surface area contributed by atoms with E-state index in [9.17, 15) is 9.59 Å². The highest BCUT2D eigenvalue weighted by atomic mass is 35.5. The maximum absolute atomic E-state index is 12.0. The predicted molar refractivity (Wildman–Crippen MR) is 94.5 cm³/mol. The summed E-state index contributed by atoms with van der Waals surface area (Å²) in [5.74, 6) is 0.574. The fourth-order valence-electron chi connectivity index (χ4n) is 1.64. The molecule has 0 spiro atoms. The van der Waals surface area contributed by atoms with Crippen LogP contribution in [0, 0.1) is 12.8 Å². The number of methoxy groups -OCH3 is 1. The lowest BCUT2D eigenvalue weighted by molar-refractivity contribution is -0.141. The molecule has 1 N–H and O–H groups in total. The van der Waals surface area contributed by atoms with E-state index >= 15 is 0 Å². The zero-order valence-electron chi connectivity index (χ0n) is 13.8. The molecule has 0 atom stereocenters. The van der Waals surface area contributed by atoms with Gasteiger partial charge in [0.25, 0.3) is 0 Å². The monoisotopic (exact) mass is 359 g/mol. The van der Waals surface area contributed by atoms with E-state index in [1.165, 1.54) is 18.9 Å². The van der Waals surface area contributed by atoms with Crippen molar-refractivity contribution in [3.8, 4) is 5.75 Å². The second-order valence-electron chi connectivity index (χ2n) is 5.42. The zero-order chi connectivity index (χ0) is 17.4. The quantitative estimate of drug-likeness (QED) is 0.719. The van der Waals surface area contributed by atoms with Gasteiger partial charge in [0.1, 0.15) is 5.75 Å². The second kappa shape index (κ2) is 9.67. The Hall–Kier alpha value is -1.40. The lowest BCUT2D eigenvalue weighted by Crippen LogP contribution is -2.17. The van der Waals surface area contributed by atoms with Gasteiger partial charge in [-0.05, 0) is 24.5 Å². The zero-order valence-corrected chi connectivity index (χ0v) is 15.3. The molecular weight excluding hydrogens is 338 g/mol. The average Bonchev–Trinajstić information content (AvgIpc) is 2.48. The highest BCUT2D eigenvalue weighted by Crippen LogP contribution is 2.30. The molecule has 0 saturated carbocycles. The van der Waals surface area contributed by atoms with E-state index in [0.717, 1.165) is 5.56 Å². The molecular formula is C16H22ClNO4S. The Morgan fingerprint density at radius 3 is 2.61 bits per heavy atom. The first-order chi connectivity index (χ1) is 10.8. The Morgan fingerprint density at radius 1 is 1.30 bits per heavy atom. The first-order valence-electron chi connectivity index (χ1n) is 7.20. The normalized spacial score (nSPS) is 10.5. The minimum absolute atomic E-state index is 0.150. The standard InChI is InChI=1S/C16H22ClNO4S/c1-10(2)7-22-16(20)9-23-8-15(19)18-13-5-11(3)12(17)6-14(13)21-4/h5-6,10H,7-9H2,1-4H3,(H,18,19). The molecule has 128 valence electrons. The third-order valence-electron chi connectivity index (χ3n) is 2.79. The Bertz CT molecular complexity index is 563. The van der Waals surface area contributed by atoms with Crippen LogP contribution in [0.25, 0.3) is 0 Å². The van der Waals surface area contributed by atoms with E-state index in [4.69, 9.17) is 21.1 Å². The average molecular weight is 360 g/mol. The number of aryl methyl sites for hydroxylation is 1. The number of hydrogen-bond donors (Lipinski definition) is 1. The number of amides is 1. The van der Waals surface area contributed by atoms with Gasteiger partial charge in [-0.3, -0.25) is 9.59 Å². The van der Waals surface area contributed by atoms with Crippen LogP contribution in [0.15, 0.2) is 12.1 Å². The second-order valence-corrected chi connectivity index (χ2v) is 6.81. The molecule has 1 aromatic rings. The van der Waals surface area contributed by atoms with Gasteiger partial charge in [0, 0.05) is 11.1 Å². The fourth-order valence-corrected chi connectivity index (χ4v) is 2.41. The van der Waals surface area contributed by atoms with E-state index in [2.05, 4.69) is 5.32 Å². The molecule has 23 heavy (non-hydrogen) atoms. The van der Waals surface area contributed by atoms with Crippen molar-refractivity contribution in [2.75, 3.05) is 30.5 Å². The maximum Gasteiger partial charge on any atom is 0.315 e. The van der Waals surface area contributed by atoms with Crippen molar-refractivity contribution in [2.45, 2.75) is 20.8 Å². The van der Waals surface area contributed by atoms with Crippen molar-refractivity contribution < 1.29 is 19.1 Å². The largest absolute Gasteiger partial charge is 0.495 e. The van der Waals surface area contributed by atoms with E-state index in [0.29, 0.717) is 29.0 Å². The van der Waals surface area contributed by atoms with Gasteiger partial charge in [0.05, 0.1) is 30.9 Å². The Morgan fingerprint density at radius 2 is 2.00 bits per heavy atom. The molecule has 0 heterocycles. The summed E-state index contributed by atoms with van der Waals surface area (Å²) >= 11 is 7.23. The molecule has 0 aliphatic carbocycles. The topological polar surface area (TPSA) is 64.6 Å². The number of esters is 1. The highest BCUT2D eigenvalue weighted by Gasteiger charge is 2.12. The fraction of sp³-hybridized carbons (Fsp3) is 0.500. The summed E-state index contributed by atoms with van der Waals surface area (Å²) in [7, 11) is 1.51. The number of carbonyl (C=O) groups is 2. The van der Waals surface area contributed by atoms with Gasteiger partial charge in [0.15, 0.2) is 0 Å². The van der Waals surface area contributed by atoms with Crippen LogP contribution in [0.1, 0.15) is 19.4 Å². The molecule has 0 aromatic heterocycles. The molecule has 0 saturated heterocycles. The molecule has 1 aromatic carbocycles. The number of benzene rings is 1. The van der Waals surface area contributed by atoms with Crippen LogP contribution in [-0.2, 0) is 14.3 Å². The summed E-state index contributed by atoms with van der Waals surface area (Å²) < 4.78 is 10.2. The predicted octanol–water partition coefficient (Wildman–Crippen LogP) is 3.53. The summed E-state index contributed by atoms with van der Waals surface area (Å²) in [6.07, 6.45) is 0. The molecule has 0 fully saturated rings. The van der Waals surface area contributed by atoms with Crippen molar-refractivity contribution in [1.29, 1.82) is 0 Å². The number of rotatable bonds is 8. The molecule has 1 amide bonds.